The predicted octanol–water partition coefficient (Wildman–Crippen LogP) is 2.93. The van der Waals surface area contributed by atoms with Crippen LogP contribution >= 0.6 is 11.8 Å². The van der Waals surface area contributed by atoms with Crippen LogP contribution in [0.4, 0.5) is 0 Å². The molecule has 2 aromatic rings. The molecule has 1 atom stereocenters. The van der Waals surface area contributed by atoms with Crippen LogP contribution in [0, 0.1) is 16.7 Å². The Bertz CT molecular complexity index is 979. The van der Waals surface area contributed by atoms with E-state index >= 15 is 0 Å². The molecular weight excluding hydrogens is 362 g/mol. The van der Waals surface area contributed by atoms with Gasteiger partial charge in [-0.3, -0.25) is 19.1 Å². The standard InChI is InChI=1S/C20H23N3O3S/c1-20(12-21)6-3-7-22(13-20)10-15-8-14-4-5-16(27-2)9-17(14)23(19(15)26)11-18(24)25/h4-5,8-9H,3,6-7,10-11,13H2,1-2H3,(H,24,25). The number of carbonyl (C=O) groups is 1. The molecular formula is C20H23N3O3S. The van der Waals surface area contributed by atoms with Gasteiger partial charge in [0.25, 0.3) is 5.56 Å². The lowest BCUT2D eigenvalue weighted by atomic mass is 9.83. The van der Waals surface area contributed by atoms with Gasteiger partial charge < -0.3 is 5.11 Å². The Kier molecular flexibility index (Phi) is 5.59. The number of thioether (sulfide) groups is 1. The first-order valence-corrected chi connectivity index (χ1v) is 10.1. The molecule has 1 saturated heterocycles. The van der Waals surface area contributed by atoms with Gasteiger partial charge in [0.05, 0.1) is 17.0 Å². The molecule has 0 radical (unpaired) electrons. The van der Waals surface area contributed by atoms with Crippen LogP contribution in [0.3, 0.4) is 0 Å². The predicted molar refractivity (Wildman–Crippen MR) is 106 cm³/mol. The van der Waals surface area contributed by atoms with E-state index in [0.29, 0.717) is 24.2 Å². The molecule has 3 rings (SSSR count). The van der Waals surface area contributed by atoms with E-state index in [4.69, 9.17) is 0 Å². The van der Waals surface area contributed by atoms with Crippen LogP contribution in [0.25, 0.3) is 10.9 Å². The Morgan fingerprint density at radius 1 is 1.41 bits per heavy atom. The molecule has 0 bridgehead atoms. The van der Waals surface area contributed by atoms with Gasteiger partial charge in [0, 0.05) is 23.5 Å². The minimum absolute atomic E-state index is 0.271. The van der Waals surface area contributed by atoms with Crippen molar-refractivity contribution in [2.24, 2.45) is 5.41 Å². The summed E-state index contributed by atoms with van der Waals surface area (Å²) in [5, 5.41) is 19.5. The fourth-order valence-corrected chi connectivity index (χ4v) is 4.19. The second-order valence-electron chi connectivity index (χ2n) is 7.37. The maximum Gasteiger partial charge on any atom is 0.323 e. The van der Waals surface area contributed by atoms with Gasteiger partial charge in [0.1, 0.15) is 6.54 Å². The zero-order valence-corrected chi connectivity index (χ0v) is 16.4. The Balaban J connectivity index is 2.03. The second kappa shape index (κ2) is 7.75. The molecule has 1 N–H and O–H groups in total. The van der Waals surface area contributed by atoms with Crippen LogP contribution in [0.5, 0.6) is 0 Å². The van der Waals surface area contributed by atoms with Crippen LogP contribution in [-0.2, 0) is 17.9 Å². The van der Waals surface area contributed by atoms with Crippen molar-refractivity contribution >= 4 is 28.6 Å². The summed E-state index contributed by atoms with van der Waals surface area (Å²) in [6.07, 6.45) is 3.72. The third-order valence-corrected chi connectivity index (χ3v) is 5.84. The minimum Gasteiger partial charge on any atom is -0.480 e. The van der Waals surface area contributed by atoms with Crippen molar-refractivity contribution in [1.29, 1.82) is 5.26 Å². The quantitative estimate of drug-likeness (QED) is 0.797. The van der Waals surface area contributed by atoms with Gasteiger partial charge in [-0.2, -0.15) is 5.26 Å². The maximum absolute atomic E-state index is 13.0. The van der Waals surface area contributed by atoms with Gasteiger partial charge in [-0.25, -0.2) is 0 Å². The topological polar surface area (TPSA) is 86.3 Å². The minimum atomic E-state index is -1.04. The summed E-state index contributed by atoms with van der Waals surface area (Å²) >= 11 is 1.55. The zero-order valence-electron chi connectivity index (χ0n) is 15.6. The molecule has 1 unspecified atom stereocenters. The van der Waals surface area contributed by atoms with E-state index in [2.05, 4.69) is 11.0 Å². The fraction of sp³-hybridized carbons (Fsp3) is 0.450. The van der Waals surface area contributed by atoms with Crippen molar-refractivity contribution in [3.8, 4) is 6.07 Å². The Hall–Kier alpha value is -2.30. The van der Waals surface area contributed by atoms with E-state index in [1.807, 2.05) is 37.4 Å². The SMILES string of the molecule is CSc1ccc2cc(CN3CCCC(C)(C#N)C3)c(=O)n(CC(=O)O)c2c1. The lowest BCUT2D eigenvalue weighted by Gasteiger charge is -2.35. The third-order valence-electron chi connectivity index (χ3n) is 5.11. The van der Waals surface area contributed by atoms with Crippen LogP contribution in [-0.4, -0.2) is 39.9 Å². The molecule has 1 aromatic carbocycles. The summed E-state index contributed by atoms with van der Waals surface area (Å²) in [5.74, 6) is -1.04. The summed E-state index contributed by atoms with van der Waals surface area (Å²) in [7, 11) is 0. The molecule has 6 nitrogen and oxygen atoms in total. The first kappa shape index (κ1) is 19.5. The average Bonchev–Trinajstić information content (AvgIpc) is 2.64. The molecule has 0 spiro atoms. The number of rotatable bonds is 5. The van der Waals surface area contributed by atoms with Gasteiger partial charge in [0.2, 0.25) is 0 Å². The van der Waals surface area contributed by atoms with Gasteiger partial charge in [-0.1, -0.05) is 6.07 Å². The number of benzene rings is 1. The largest absolute Gasteiger partial charge is 0.480 e. The molecule has 1 aliphatic rings. The summed E-state index contributed by atoms with van der Waals surface area (Å²) in [4.78, 5) is 27.5. The van der Waals surface area contributed by atoms with Crippen molar-refractivity contribution in [3.63, 3.8) is 0 Å². The monoisotopic (exact) mass is 385 g/mol. The number of nitrogens with zero attached hydrogens (tertiary/aromatic N) is 3. The molecule has 1 aromatic heterocycles. The molecule has 0 saturated carbocycles. The number of aromatic nitrogens is 1. The summed E-state index contributed by atoms with van der Waals surface area (Å²) in [6.45, 7) is 3.46. The molecule has 142 valence electrons. The van der Waals surface area contributed by atoms with Crippen LogP contribution in [0.1, 0.15) is 25.3 Å². The Morgan fingerprint density at radius 3 is 2.85 bits per heavy atom. The van der Waals surface area contributed by atoms with Crippen molar-refractivity contribution in [3.05, 3.63) is 40.2 Å². The first-order chi connectivity index (χ1) is 12.8. The Labute approximate surface area is 162 Å². The summed E-state index contributed by atoms with van der Waals surface area (Å²) in [5.41, 5.74) is 0.538. The molecule has 0 aliphatic carbocycles. The molecule has 1 fully saturated rings. The van der Waals surface area contributed by atoms with Crippen LogP contribution in [0.2, 0.25) is 0 Å². The second-order valence-corrected chi connectivity index (χ2v) is 8.25. The Morgan fingerprint density at radius 2 is 2.19 bits per heavy atom. The van der Waals surface area contributed by atoms with E-state index in [1.165, 1.54) is 4.57 Å². The highest BCUT2D eigenvalue weighted by atomic mass is 32.2. The number of carboxylic acid groups (broad SMARTS) is 1. The highest BCUT2D eigenvalue weighted by molar-refractivity contribution is 7.98. The number of hydrogen-bond donors (Lipinski definition) is 1. The van der Waals surface area contributed by atoms with Gasteiger partial charge in [-0.05, 0) is 56.2 Å². The highest BCUT2D eigenvalue weighted by Gasteiger charge is 2.31. The van der Waals surface area contributed by atoms with Crippen molar-refractivity contribution in [1.82, 2.24) is 9.47 Å². The highest BCUT2D eigenvalue weighted by Crippen LogP contribution is 2.29. The smallest absolute Gasteiger partial charge is 0.323 e. The third kappa shape index (κ3) is 4.18. The number of nitriles is 1. The average molecular weight is 385 g/mol. The first-order valence-electron chi connectivity index (χ1n) is 8.91. The molecule has 27 heavy (non-hydrogen) atoms. The lowest BCUT2D eigenvalue weighted by Crippen LogP contribution is -2.41. The molecule has 0 amide bonds. The number of carboxylic acids is 1. The number of likely N-dealkylation sites (tertiary alicyclic amines) is 1. The van der Waals surface area contributed by atoms with Crippen molar-refractivity contribution in [2.75, 3.05) is 19.3 Å². The van der Waals surface area contributed by atoms with Crippen molar-refractivity contribution < 1.29 is 9.90 Å². The van der Waals surface area contributed by atoms with E-state index in [9.17, 15) is 20.0 Å². The van der Waals surface area contributed by atoms with Gasteiger partial charge in [-0.15, -0.1) is 11.8 Å². The van der Waals surface area contributed by atoms with E-state index in [1.54, 1.807) is 11.8 Å². The van der Waals surface area contributed by atoms with E-state index < -0.39 is 11.4 Å². The summed E-state index contributed by atoms with van der Waals surface area (Å²) < 4.78 is 1.35. The van der Waals surface area contributed by atoms with E-state index in [-0.39, 0.29) is 12.1 Å². The number of aliphatic carboxylic acids is 1. The maximum atomic E-state index is 13.0. The number of fused-ring (bicyclic) bond motifs is 1. The van der Waals surface area contributed by atoms with Gasteiger partial charge in [0.15, 0.2) is 0 Å². The van der Waals surface area contributed by atoms with Crippen LogP contribution in [0.15, 0.2) is 34.0 Å². The van der Waals surface area contributed by atoms with E-state index in [0.717, 1.165) is 29.7 Å². The van der Waals surface area contributed by atoms with Crippen LogP contribution < -0.4 is 5.56 Å². The number of hydrogen-bond acceptors (Lipinski definition) is 5. The zero-order chi connectivity index (χ0) is 19.6. The lowest BCUT2D eigenvalue weighted by molar-refractivity contribution is -0.137. The number of piperidine rings is 1. The normalized spacial score (nSPS) is 20.5. The summed E-state index contributed by atoms with van der Waals surface area (Å²) in [6, 6.07) is 10.0. The molecule has 1 aliphatic heterocycles. The molecule has 7 heteroatoms. The fourth-order valence-electron chi connectivity index (χ4n) is 3.76. The number of pyridine rings is 1. The van der Waals surface area contributed by atoms with Crippen molar-refractivity contribution in [2.45, 2.75) is 37.8 Å². The van der Waals surface area contributed by atoms with Gasteiger partial charge >= 0.3 is 5.97 Å². The molecule has 2 heterocycles.